The monoisotopic (exact) mass is 371 g/mol. The Morgan fingerprint density at radius 2 is 2.00 bits per heavy atom. The van der Waals surface area contributed by atoms with E-state index in [-0.39, 0.29) is 18.5 Å². The molecule has 4 rings (SSSR count). The van der Waals surface area contributed by atoms with Crippen LogP contribution < -0.4 is 4.90 Å². The Balaban J connectivity index is 1.61. The Labute approximate surface area is 159 Å². The number of amides is 3. The lowest BCUT2D eigenvalue weighted by Gasteiger charge is -2.40. The molecule has 1 aromatic carbocycles. The average molecular weight is 371 g/mol. The average Bonchev–Trinajstić information content (AvgIpc) is 3.23. The molecule has 8 heteroatoms. The van der Waals surface area contributed by atoms with Gasteiger partial charge >= 0.3 is 6.03 Å². The minimum atomic E-state index is -0.477. The maximum atomic E-state index is 13.1. The van der Waals surface area contributed by atoms with Crippen LogP contribution in [-0.4, -0.2) is 84.7 Å². The third-order valence-corrected chi connectivity index (χ3v) is 5.45. The molecule has 3 aliphatic heterocycles. The molecule has 0 bridgehead atoms. The molecule has 2 atom stereocenters. The van der Waals surface area contributed by atoms with Crippen LogP contribution in [0.3, 0.4) is 0 Å². The first-order chi connectivity index (χ1) is 13.0. The van der Waals surface area contributed by atoms with Gasteiger partial charge in [0.15, 0.2) is 12.2 Å². The molecule has 3 aliphatic rings. The normalized spacial score (nSPS) is 24.5. The molecular weight excluding hydrogens is 346 g/mol. The van der Waals surface area contributed by atoms with Crippen molar-refractivity contribution in [3.05, 3.63) is 29.8 Å². The van der Waals surface area contributed by atoms with E-state index in [2.05, 4.69) is 24.0 Å². The number of aliphatic imine (C=N–C) groups is 1. The van der Waals surface area contributed by atoms with Gasteiger partial charge < -0.3 is 19.4 Å². The molecule has 27 heavy (non-hydrogen) atoms. The molecule has 2 fully saturated rings. The Kier molecular flexibility index (Phi) is 4.51. The first-order valence-corrected chi connectivity index (χ1v) is 9.38. The van der Waals surface area contributed by atoms with Crippen molar-refractivity contribution in [1.82, 2.24) is 14.7 Å². The van der Waals surface area contributed by atoms with Crippen LogP contribution in [-0.2, 0) is 9.53 Å². The second kappa shape index (κ2) is 6.84. The van der Waals surface area contributed by atoms with Crippen LogP contribution in [0.1, 0.15) is 12.5 Å². The van der Waals surface area contributed by atoms with Gasteiger partial charge in [-0.3, -0.25) is 9.69 Å². The zero-order chi connectivity index (χ0) is 19.1. The number of ether oxygens (including phenoxy) is 1. The van der Waals surface area contributed by atoms with Gasteiger partial charge in [-0.25, -0.2) is 9.79 Å². The number of nitrogens with zero attached hydrogens (tertiary/aromatic N) is 5. The number of carbonyl (C=O) groups excluding carboxylic acids is 2. The van der Waals surface area contributed by atoms with Crippen molar-refractivity contribution in [2.75, 3.05) is 44.8 Å². The minimum absolute atomic E-state index is 0.187. The summed E-state index contributed by atoms with van der Waals surface area (Å²) in [5.74, 6) is 0.590. The number of aryl methyl sites for hydroxylation is 1. The predicted molar refractivity (Wildman–Crippen MR) is 102 cm³/mol. The van der Waals surface area contributed by atoms with Crippen LogP contribution in [0, 0.1) is 6.92 Å². The molecule has 2 saturated heterocycles. The van der Waals surface area contributed by atoms with E-state index in [9.17, 15) is 9.59 Å². The summed E-state index contributed by atoms with van der Waals surface area (Å²) < 4.78 is 5.34. The summed E-state index contributed by atoms with van der Waals surface area (Å²) in [6.45, 7) is 6.62. The number of hydrogen-bond acceptors (Lipinski definition) is 6. The van der Waals surface area contributed by atoms with Crippen LogP contribution in [0.25, 0.3) is 0 Å². The summed E-state index contributed by atoms with van der Waals surface area (Å²) >= 11 is 0. The molecule has 0 aliphatic carbocycles. The third-order valence-electron chi connectivity index (χ3n) is 5.45. The van der Waals surface area contributed by atoms with Crippen molar-refractivity contribution in [2.24, 2.45) is 4.99 Å². The number of urea groups is 1. The highest BCUT2D eigenvalue weighted by Crippen LogP contribution is 2.34. The summed E-state index contributed by atoms with van der Waals surface area (Å²) in [6.07, 6.45) is -0.477. The number of likely N-dealkylation sites (N-methyl/N-ethyl adjacent to an activating group) is 1. The molecule has 0 aromatic heterocycles. The maximum absolute atomic E-state index is 13.1. The van der Waals surface area contributed by atoms with E-state index < -0.39 is 12.2 Å². The number of rotatable bonds is 5. The topological polar surface area (TPSA) is 68.7 Å². The fourth-order valence-corrected chi connectivity index (χ4v) is 4.04. The second-order valence-electron chi connectivity index (χ2n) is 7.00. The highest BCUT2D eigenvalue weighted by Gasteiger charge is 2.54. The number of hydrogen-bond donors (Lipinski definition) is 0. The van der Waals surface area contributed by atoms with E-state index in [0.717, 1.165) is 23.8 Å². The van der Waals surface area contributed by atoms with E-state index in [1.165, 1.54) is 4.90 Å². The molecule has 0 N–H and O–H groups in total. The van der Waals surface area contributed by atoms with Crippen LogP contribution in [0.2, 0.25) is 0 Å². The smallest absolute Gasteiger partial charge is 0.328 e. The van der Waals surface area contributed by atoms with Crippen LogP contribution >= 0.6 is 0 Å². The molecule has 144 valence electrons. The van der Waals surface area contributed by atoms with Crippen molar-refractivity contribution < 1.29 is 14.3 Å². The molecule has 2 unspecified atom stereocenters. The minimum Gasteiger partial charge on any atom is -0.380 e. The third kappa shape index (κ3) is 2.75. The maximum Gasteiger partial charge on any atom is 0.328 e. The van der Waals surface area contributed by atoms with Crippen molar-refractivity contribution in [2.45, 2.75) is 26.1 Å². The van der Waals surface area contributed by atoms with E-state index in [0.29, 0.717) is 19.8 Å². The second-order valence-corrected chi connectivity index (χ2v) is 7.00. The Morgan fingerprint density at radius 1 is 1.22 bits per heavy atom. The van der Waals surface area contributed by atoms with E-state index in [1.807, 2.05) is 24.0 Å². The fraction of sp³-hybridized carbons (Fsp3) is 0.526. The van der Waals surface area contributed by atoms with Crippen LogP contribution in [0.15, 0.2) is 29.3 Å². The zero-order valence-corrected chi connectivity index (χ0v) is 16.0. The number of carbonyl (C=O) groups is 2. The highest BCUT2D eigenvalue weighted by atomic mass is 16.5. The summed E-state index contributed by atoms with van der Waals surface area (Å²) in [4.78, 5) is 37.6. The number of anilines is 1. The van der Waals surface area contributed by atoms with Gasteiger partial charge in [-0.2, -0.15) is 0 Å². The quantitative estimate of drug-likeness (QED) is 0.726. The Hall–Kier alpha value is -2.61. The van der Waals surface area contributed by atoms with Gasteiger partial charge in [0.2, 0.25) is 5.96 Å². The lowest BCUT2D eigenvalue weighted by molar-refractivity contribution is -0.138. The van der Waals surface area contributed by atoms with Crippen LogP contribution in [0.4, 0.5) is 10.5 Å². The number of guanidine groups is 1. The van der Waals surface area contributed by atoms with E-state index in [4.69, 9.17) is 9.73 Å². The van der Waals surface area contributed by atoms with Gasteiger partial charge in [-0.15, -0.1) is 0 Å². The molecule has 3 heterocycles. The van der Waals surface area contributed by atoms with Crippen molar-refractivity contribution in [3.63, 3.8) is 0 Å². The number of para-hydroxylation sites is 1. The summed E-state index contributed by atoms with van der Waals surface area (Å²) in [6, 6.07) is 7.37. The van der Waals surface area contributed by atoms with Gasteiger partial charge in [-0.1, -0.05) is 18.2 Å². The Morgan fingerprint density at radius 3 is 2.74 bits per heavy atom. The summed E-state index contributed by atoms with van der Waals surface area (Å²) in [7, 11) is 1.71. The lowest BCUT2D eigenvalue weighted by Crippen LogP contribution is -2.65. The molecular formula is C19H25N5O3. The van der Waals surface area contributed by atoms with Crippen molar-refractivity contribution in [3.8, 4) is 0 Å². The molecule has 0 saturated carbocycles. The number of fused-ring (bicyclic) bond motifs is 3. The first kappa shape index (κ1) is 17.8. The first-order valence-electron chi connectivity index (χ1n) is 9.38. The standard InChI is InChI=1S/C19H25N5O3/c1-4-27-12-11-24-17(25)15-16(21(3)19(24)26)20-18-22(9-10-23(15)18)14-8-6-5-7-13(14)2/h5-8,15-16H,4,9-12H2,1-3H3. The largest absolute Gasteiger partial charge is 0.380 e. The predicted octanol–water partition coefficient (Wildman–Crippen LogP) is 1.11. The van der Waals surface area contributed by atoms with Crippen LogP contribution in [0.5, 0.6) is 0 Å². The molecule has 0 radical (unpaired) electrons. The lowest BCUT2D eigenvalue weighted by atomic mass is 10.1. The van der Waals surface area contributed by atoms with E-state index >= 15 is 0 Å². The zero-order valence-electron chi connectivity index (χ0n) is 16.0. The SMILES string of the molecule is CCOCCN1C(=O)C2C(N=C3N(c4ccccc4C)CCN32)N(C)C1=O. The number of imide groups is 1. The van der Waals surface area contributed by atoms with Gasteiger partial charge in [0, 0.05) is 32.4 Å². The van der Waals surface area contributed by atoms with E-state index in [1.54, 1.807) is 11.9 Å². The van der Waals surface area contributed by atoms with Gasteiger partial charge in [0.1, 0.15) is 0 Å². The summed E-state index contributed by atoms with van der Waals surface area (Å²) in [5, 5.41) is 0. The fourth-order valence-electron chi connectivity index (χ4n) is 4.04. The molecule has 1 aromatic rings. The van der Waals surface area contributed by atoms with Crippen molar-refractivity contribution >= 4 is 23.6 Å². The van der Waals surface area contributed by atoms with Gasteiger partial charge in [0.05, 0.1) is 13.2 Å². The molecule has 3 amide bonds. The van der Waals surface area contributed by atoms with Crippen molar-refractivity contribution in [1.29, 1.82) is 0 Å². The molecule has 0 spiro atoms. The van der Waals surface area contributed by atoms with Gasteiger partial charge in [-0.05, 0) is 25.5 Å². The summed E-state index contributed by atoms with van der Waals surface area (Å²) in [5.41, 5.74) is 2.25. The highest BCUT2D eigenvalue weighted by molar-refractivity contribution is 6.08. The number of benzene rings is 1. The van der Waals surface area contributed by atoms with Gasteiger partial charge in [0.25, 0.3) is 5.91 Å². The molecule has 8 nitrogen and oxygen atoms in total. The Bertz CT molecular complexity index is 795.